The summed E-state index contributed by atoms with van der Waals surface area (Å²) in [4.78, 5) is 15.1. The van der Waals surface area contributed by atoms with Crippen molar-refractivity contribution < 1.29 is 4.79 Å². The van der Waals surface area contributed by atoms with Gasteiger partial charge in [0.1, 0.15) is 0 Å². The molecule has 122 valence electrons. The van der Waals surface area contributed by atoms with Crippen LogP contribution in [0.5, 0.6) is 0 Å². The van der Waals surface area contributed by atoms with Crippen molar-refractivity contribution in [2.45, 2.75) is 58.9 Å². The molecular weight excluding hydrogens is 274 g/mol. The molecule has 0 saturated carbocycles. The zero-order valence-electron chi connectivity index (χ0n) is 14.1. The number of carbonyl (C=O) groups is 1. The van der Waals surface area contributed by atoms with E-state index in [1.807, 2.05) is 26.0 Å². The molecule has 0 aromatic heterocycles. The fraction of sp³-hybridized carbons (Fsp3) is 0.611. The van der Waals surface area contributed by atoms with Crippen LogP contribution in [0.2, 0.25) is 0 Å². The number of carbonyl (C=O) groups excluding carboxylic acids is 1. The topological polar surface area (TPSA) is 58.4 Å². The van der Waals surface area contributed by atoms with Crippen LogP contribution in [0.3, 0.4) is 0 Å². The average Bonchev–Trinajstić information content (AvgIpc) is 2.53. The third-order valence-corrected chi connectivity index (χ3v) is 4.68. The molecule has 1 aliphatic heterocycles. The SMILES string of the molecule is CCCCN1CCCCC1C(=O)Nc1c(C)ccc(N)c1C. The second-order valence-electron chi connectivity index (χ2n) is 6.36. The Kier molecular flexibility index (Phi) is 5.83. The number of anilines is 2. The predicted molar refractivity (Wildman–Crippen MR) is 93.1 cm³/mol. The molecule has 1 aliphatic rings. The van der Waals surface area contributed by atoms with Crippen molar-refractivity contribution in [1.82, 2.24) is 4.90 Å². The van der Waals surface area contributed by atoms with Crippen molar-refractivity contribution in [2.75, 3.05) is 24.1 Å². The standard InChI is InChI=1S/C18H29N3O/c1-4-5-11-21-12-7-6-8-16(21)18(22)20-17-13(2)9-10-15(19)14(17)3/h9-10,16H,4-8,11-12,19H2,1-3H3,(H,20,22). The first-order valence-corrected chi connectivity index (χ1v) is 8.45. The predicted octanol–water partition coefficient (Wildman–Crippen LogP) is 3.48. The molecule has 3 N–H and O–H groups in total. The summed E-state index contributed by atoms with van der Waals surface area (Å²) < 4.78 is 0. The summed E-state index contributed by atoms with van der Waals surface area (Å²) in [6, 6.07) is 3.86. The monoisotopic (exact) mass is 303 g/mol. The lowest BCUT2D eigenvalue weighted by Gasteiger charge is -2.34. The normalized spacial score (nSPS) is 19.1. The lowest BCUT2D eigenvalue weighted by molar-refractivity contribution is -0.122. The van der Waals surface area contributed by atoms with Gasteiger partial charge in [0.2, 0.25) is 5.91 Å². The van der Waals surface area contributed by atoms with Crippen molar-refractivity contribution in [3.63, 3.8) is 0 Å². The number of likely N-dealkylation sites (tertiary alicyclic amines) is 1. The Bertz CT molecular complexity index is 527. The molecule has 1 unspecified atom stereocenters. The number of unbranched alkanes of at least 4 members (excludes halogenated alkanes) is 1. The van der Waals surface area contributed by atoms with E-state index in [2.05, 4.69) is 17.1 Å². The van der Waals surface area contributed by atoms with E-state index in [0.29, 0.717) is 0 Å². The molecule has 4 nitrogen and oxygen atoms in total. The summed E-state index contributed by atoms with van der Waals surface area (Å²) in [7, 11) is 0. The third kappa shape index (κ3) is 3.80. The number of nitrogen functional groups attached to an aromatic ring is 1. The number of nitrogens with two attached hydrogens (primary N) is 1. The number of rotatable bonds is 5. The largest absolute Gasteiger partial charge is 0.398 e. The first-order valence-electron chi connectivity index (χ1n) is 8.45. The Morgan fingerprint density at radius 3 is 2.86 bits per heavy atom. The van der Waals surface area contributed by atoms with E-state index in [1.54, 1.807) is 0 Å². The molecule has 1 aromatic carbocycles. The van der Waals surface area contributed by atoms with Gasteiger partial charge in [-0.15, -0.1) is 0 Å². The molecule has 0 spiro atoms. The number of hydrogen-bond donors (Lipinski definition) is 2. The van der Waals surface area contributed by atoms with Gasteiger partial charge in [-0.05, 0) is 63.4 Å². The molecule has 1 aromatic rings. The zero-order valence-corrected chi connectivity index (χ0v) is 14.1. The number of piperidine rings is 1. The molecule has 2 rings (SSSR count). The lowest BCUT2D eigenvalue weighted by atomic mass is 10.00. The molecule has 22 heavy (non-hydrogen) atoms. The Balaban J connectivity index is 2.11. The van der Waals surface area contributed by atoms with Crippen LogP contribution in [0, 0.1) is 13.8 Å². The fourth-order valence-electron chi connectivity index (χ4n) is 3.18. The Morgan fingerprint density at radius 2 is 2.14 bits per heavy atom. The van der Waals surface area contributed by atoms with E-state index in [4.69, 9.17) is 5.73 Å². The number of aryl methyl sites for hydroxylation is 1. The zero-order chi connectivity index (χ0) is 16.1. The van der Waals surface area contributed by atoms with Gasteiger partial charge in [0.05, 0.1) is 6.04 Å². The summed E-state index contributed by atoms with van der Waals surface area (Å²) in [6.07, 6.45) is 5.60. The second kappa shape index (κ2) is 7.63. The molecular formula is C18H29N3O. The molecule has 1 fully saturated rings. The van der Waals surface area contributed by atoms with E-state index in [9.17, 15) is 4.79 Å². The highest BCUT2D eigenvalue weighted by atomic mass is 16.2. The maximum absolute atomic E-state index is 12.8. The minimum atomic E-state index is 0.000491. The van der Waals surface area contributed by atoms with Crippen LogP contribution in [0.15, 0.2) is 12.1 Å². The van der Waals surface area contributed by atoms with Gasteiger partial charge in [0, 0.05) is 11.4 Å². The van der Waals surface area contributed by atoms with Gasteiger partial charge in [-0.1, -0.05) is 25.8 Å². The van der Waals surface area contributed by atoms with Crippen molar-refractivity contribution in [1.29, 1.82) is 0 Å². The number of nitrogens with one attached hydrogen (secondary N) is 1. The smallest absolute Gasteiger partial charge is 0.241 e. The molecule has 0 bridgehead atoms. The molecule has 4 heteroatoms. The number of hydrogen-bond acceptors (Lipinski definition) is 3. The van der Waals surface area contributed by atoms with Gasteiger partial charge in [0.25, 0.3) is 0 Å². The number of amides is 1. The summed E-state index contributed by atoms with van der Waals surface area (Å²) >= 11 is 0. The van der Waals surface area contributed by atoms with Gasteiger partial charge in [-0.2, -0.15) is 0 Å². The molecule has 0 radical (unpaired) electrons. The van der Waals surface area contributed by atoms with Crippen LogP contribution < -0.4 is 11.1 Å². The maximum Gasteiger partial charge on any atom is 0.241 e. The quantitative estimate of drug-likeness (QED) is 0.819. The van der Waals surface area contributed by atoms with Crippen molar-refractivity contribution in [2.24, 2.45) is 0 Å². The van der Waals surface area contributed by atoms with Crippen LogP contribution in [-0.4, -0.2) is 29.9 Å². The molecule has 1 heterocycles. The van der Waals surface area contributed by atoms with Crippen molar-refractivity contribution in [3.05, 3.63) is 23.3 Å². The van der Waals surface area contributed by atoms with Crippen LogP contribution in [0.1, 0.15) is 50.2 Å². The Hall–Kier alpha value is -1.55. The highest BCUT2D eigenvalue weighted by Gasteiger charge is 2.28. The van der Waals surface area contributed by atoms with Crippen molar-refractivity contribution in [3.8, 4) is 0 Å². The van der Waals surface area contributed by atoms with Crippen LogP contribution in [-0.2, 0) is 4.79 Å². The summed E-state index contributed by atoms with van der Waals surface area (Å²) in [6.45, 7) is 8.22. The lowest BCUT2D eigenvalue weighted by Crippen LogP contribution is -2.47. The van der Waals surface area contributed by atoms with Gasteiger partial charge in [0.15, 0.2) is 0 Å². The van der Waals surface area contributed by atoms with Gasteiger partial charge < -0.3 is 11.1 Å². The number of benzene rings is 1. The van der Waals surface area contributed by atoms with E-state index >= 15 is 0 Å². The molecule has 0 aliphatic carbocycles. The van der Waals surface area contributed by atoms with E-state index in [0.717, 1.165) is 61.3 Å². The van der Waals surface area contributed by atoms with Gasteiger partial charge in [-0.3, -0.25) is 9.69 Å². The Labute approximate surface area is 134 Å². The minimum Gasteiger partial charge on any atom is -0.398 e. The van der Waals surface area contributed by atoms with Crippen LogP contribution in [0.25, 0.3) is 0 Å². The summed E-state index contributed by atoms with van der Waals surface area (Å²) in [5.74, 6) is 0.118. The Morgan fingerprint density at radius 1 is 1.36 bits per heavy atom. The van der Waals surface area contributed by atoms with E-state index in [1.165, 1.54) is 6.42 Å². The maximum atomic E-state index is 12.8. The van der Waals surface area contributed by atoms with E-state index < -0.39 is 0 Å². The highest BCUT2D eigenvalue weighted by Crippen LogP contribution is 2.26. The molecule has 1 saturated heterocycles. The second-order valence-corrected chi connectivity index (χ2v) is 6.36. The highest BCUT2D eigenvalue weighted by molar-refractivity contribution is 5.97. The molecule has 1 atom stereocenters. The van der Waals surface area contributed by atoms with Gasteiger partial charge >= 0.3 is 0 Å². The summed E-state index contributed by atoms with van der Waals surface area (Å²) in [5, 5.41) is 3.13. The van der Waals surface area contributed by atoms with Gasteiger partial charge in [-0.25, -0.2) is 0 Å². The van der Waals surface area contributed by atoms with Crippen LogP contribution >= 0.6 is 0 Å². The number of nitrogens with zero attached hydrogens (tertiary/aromatic N) is 1. The third-order valence-electron chi connectivity index (χ3n) is 4.68. The first-order chi connectivity index (χ1) is 10.5. The average molecular weight is 303 g/mol. The molecule has 1 amide bonds. The summed E-state index contributed by atoms with van der Waals surface area (Å²) in [5.41, 5.74) is 9.61. The van der Waals surface area contributed by atoms with Crippen LogP contribution in [0.4, 0.5) is 11.4 Å². The fourth-order valence-corrected chi connectivity index (χ4v) is 3.18. The first kappa shape index (κ1) is 16.8. The van der Waals surface area contributed by atoms with Crippen molar-refractivity contribution >= 4 is 17.3 Å². The minimum absolute atomic E-state index is 0.000491. The van der Waals surface area contributed by atoms with E-state index in [-0.39, 0.29) is 11.9 Å².